The minimum Gasteiger partial charge on any atom is -0.494 e. The lowest BCUT2D eigenvalue weighted by Crippen LogP contribution is -2.26. The molecule has 0 aliphatic carbocycles. The Morgan fingerprint density at radius 3 is 2.56 bits per heavy atom. The van der Waals surface area contributed by atoms with E-state index in [0.717, 1.165) is 39.6 Å². The maximum atomic E-state index is 13.0. The van der Waals surface area contributed by atoms with Crippen LogP contribution in [0.3, 0.4) is 0 Å². The predicted octanol–water partition coefficient (Wildman–Crippen LogP) is 4.70. The van der Waals surface area contributed by atoms with Crippen molar-refractivity contribution in [3.05, 3.63) is 84.2 Å². The highest BCUT2D eigenvalue weighted by molar-refractivity contribution is 5.96. The molecule has 1 amide bonds. The van der Waals surface area contributed by atoms with E-state index in [1.54, 1.807) is 0 Å². The number of rotatable bonds is 9. The molecule has 1 N–H and O–H groups in total. The molecule has 36 heavy (non-hydrogen) atoms. The Morgan fingerprint density at radius 1 is 1.03 bits per heavy atom. The summed E-state index contributed by atoms with van der Waals surface area (Å²) in [5.74, 6) is 2.34. The van der Waals surface area contributed by atoms with Gasteiger partial charge in [-0.15, -0.1) is 0 Å². The smallest absolute Gasteiger partial charge is 0.227 e. The minimum atomic E-state index is -0.736. The first-order chi connectivity index (χ1) is 17.5. The van der Waals surface area contributed by atoms with Gasteiger partial charge in [-0.05, 0) is 61.9 Å². The van der Waals surface area contributed by atoms with Crippen LogP contribution in [0.5, 0.6) is 11.5 Å². The number of para-hydroxylation sites is 3. The molecular weight excluding hydrogens is 454 g/mol. The summed E-state index contributed by atoms with van der Waals surface area (Å²) < 4.78 is 13.5. The maximum absolute atomic E-state index is 13.0. The fourth-order valence-electron chi connectivity index (χ4n) is 4.78. The fourth-order valence-corrected chi connectivity index (χ4v) is 4.78. The molecule has 1 fully saturated rings. The Balaban J connectivity index is 1.36. The molecule has 0 bridgehead atoms. The number of aliphatic hydroxyl groups is 1. The number of carbonyl (C=O) groups is 1. The highest BCUT2D eigenvalue weighted by Gasteiger charge is 2.35. The second-order valence-corrected chi connectivity index (χ2v) is 9.13. The molecule has 3 aromatic carbocycles. The average molecular weight is 486 g/mol. The number of ether oxygens (including phenoxy) is 2. The summed E-state index contributed by atoms with van der Waals surface area (Å²) in [6.07, 6.45) is -0.368. The van der Waals surface area contributed by atoms with E-state index < -0.39 is 6.10 Å². The Bertz CT molecular complexity index is 1350. The molecule has 7 nitrogen and oxygen atoms in total. The second kappa shape index (κ2) is 10.4. The second-order valence-electron chi connectivity index (χ2n) is 9.13. The van der Waals surface area contributed by atoms with Gasteiger partial charge in [0.05, 0.1) is 24.2 Å². The minimum absolute atomic E-state index is 0.0613. The Labute approximate surface area is 210 Å². The van der Waals surface area contributed by atoms with Gasteiger partial charge in [-0.25, -0.2) is 4.98 Å². The lowest BCUT2D eigenvalue weighted by molar-refractivity contribution is -0.117. The number of hydrogen-bond donors (Lipinski definition) is 1. The van der Waals surface area contributed by atoms with E-state index >= 15 is 0 Å². The van der Waals surface area contributed by atoms with Gasteiger partial charge in [0, 0.05) is 24.6 Å². The third-order valence-electron chi connectivity index (χ3n) is 6.55. The number of carbonyl (C=O) groups excluding carboxylic acids is 1. The van der Waals surface area contributed by atoms with E-state index in [9.17, 15) is 9.90 Å². The van der Waals surface area contributed by atoms with E-state index in [4.69, 9.17) is 14.5 Å². The molecule has 0 spiro atoms. The van der Waals surface area contributed by atoms with E-state index in [2.05, 4.69) is 0 Å². The SMILES string of the molecule is CCOc1ccc(N2C[C@H](c3nc4ccccc4n3C[C@@H](O)COc3ccccc3C)CC2=O)cc1. The highest BCUT2D eigenvalue weighted by atomic mass is 16.5. The number of hydrogen-bond acceptors (Lipinski definition) is 5. The van der Waals surface area contributed by atoms with Crippen molar-refractivity contribution >= 4 is 22.6 Å². The van der Waals surface area contributed by atoms with Crippen LogP contribution in [-0.4, -0.2) is 46.4 Å². The molecule has 1 saturated heterocycles. The van der Waals surface area contributed by atoms with Crippen LogP contribution in [-0.2, 0) is 11.3 Å². The zero-order chi connectivity index (χ0) is 25.1. The van der Waals surface area contributed by atoms with Gasteiger partial charge in [0.2, 0.25) is 5.91 Å². The zero-order valence-corrected chi connectivity index (χ0v) is 20.6. The van der Waals surface area contributed by atoms with E-state index in [1.807, 2.05) is 96.1 Å². The molecule has 1 aliphatic rings. The number of aryl methyl sites for hydroxylation is 1. The van der Waals surface area contributed by atoms with Crippen LogP contribution in [0.25, 0.3) is 11.0 Å². The molecule has 2 heterocycles. The fraction of sp³-hybridized carbons (Fsp3) is 0.310. The van der Waals surface area contributed by atoms with Crippen LogP contribution in [0.1, 0.15) is 30.7 Å². The van der Waals surface area contributed by atoms with Gasteiger partial charge in [-0.1, -0.05) is 30.3 Å². The van der Waals surface area contributed by atoms with Crippen molar-refractivity contribution in [1.29, 1.82) is 0 Å². The molecular formula is C29H31N3O4. The first-order valence-electron chi connectivity index (χ1n) is 12.4. The van der Waals surface area contributed by atoms with Crippen LogP contribution < -0.4 is 14.4 Å². The van der Waals surface area contributed by atoms with Crippen LogP contribution in [0.4, 0.5) is 5.69 Å². The summed E-state index contributed by atoms with van der Waals surface area (Å²) in [7, 11) is 0. The largest absolute Gasteiger partial charge is 0.494 e. The molecule has 1 aromatic heterocycles. The summed E-state index contributed by atoms with van der Waals surface area (Å²) in [5.41, 5.74) is 3.67. The Kier molecular flexibility index (Phi) is 6.91. The number of anilines is 1. The van der Waals surface area contributed by atoms with Gasteiger partial charge in [0.15, 0.2) is 0 Å². The van der Waals surface area contributed by atoms with Gasteiger partial charge in [0.1, 0.15) is 30.0 Å². The van der Waals surface area contributed by atoms with Crippen LogP contribution in [0.2, 0.25) is 0 Å². The maximum Gasteiger partial charge on any atom is 0.227 e. The number of benzene rings is 3. The molecule has 0 unspecified atom stereocenters. The van der Waals surface area contributed by atoms with Gasteiger partial charge in [-0.3, -0.25) is 4.79 Å². The van der Waals surface area contributed by atoms with Crippen molar-refractivity contribution in [1.82, 2.24) is 9.55 Å². The van der Waals surface area contributed by atoms with Crippen LogP contribution in [0.15, 0.2) is 72.8 Å². The molecule has 4 aromatic rings. The van der Waals surface area contributed by atoms with Crippen molar-refractivity contribution in [3.63, 3.8) is 0 Å². The number of fused-ring (bicyclic) bond motifs is 1. The molecule has 186 valence electrons. The molecule has 0 radical (unpaired) electrons. The number of aromatic nitrogens is 2. The average Bonchev–Trinajstić information content (AvgIpc) is 3.45. The molecule has 7 heteroatoms. The summed E-state index contributed by atoms with van der Waals surface area (Å²) in [6, 6.07) is 23.3. The molecule has 5 rings (SSSR count). The van der Waals surface area contributed by atoms with Crippen LogP contribution >= 0.6 is 0 Å². The molecule has 2 atom stereocenters. The summed E-state index contributed by atoms with van der Waals surface area (Å²) in [4.78, 5) is 19.7. The third-order valence-corrected chi connectivity index (χ3v) is 6.55. The monoisotopic (exact) mass is 485 g/mol. The zero-order valence-electron chi connectivity index (χ0n) is 20.6. The highest BCUT2D eigenvalue weighted by Crippen LogP contribution is 2.34. The number of aliphatic hydroxyl groups excluding tert-OH is 1. The normalized spacial score (nSPS) is 16.5. The summed E-state index contributed by atoms with van der Waals surface area (Å²) in [6.45, 7) is 5.55. The molecule has 0 saturated carbocycles. The van der Waals surface area contributed by atoms with Crippen LogP contribution in [0, 0.1) is 6.92 Å². The quantitative estimate of drug-likeness (QED) is 0.372. The van der Waals surface area contributed by atoms with Gasteiger partial charge in [-0.2, -0.15) is 0 Å². The number of imidazole rings is 1. The first-order valence-corrected chi connectivity index (χ1v) is 12.4. The van der Waals surface area contributed by atoms with Crippen molar-refractivity contribution in [3.8, 4) is 11.5 Å². The van der Waals surface area contributed by atoms with Crippen molar-refractivity contribution in [2.45, 2.75) is 38.8 Å². The topological polar surface area (TPSA) is 76.8 Å². The van der Waals surface area contributed by atoms with Gasteiger partial charge in [0.25, 0.3) is 0 Å². The van der Waals surface area contributed by atoms with Gasteiger partial charge < -0.3 is 24.0 Å². The standard InChI is InChI=1S/C29H31N3O4/c1-3-35-24-14-12-22(13-15-24)31-17-21(16-28(31)34)29-30-25-9-5-6-10-26(25)32(29)18-23(33)19-36-27-11-7-4-8-20(27)2/h4-15,21,23,33H,3,16-19H2,1-2H3/t21-,23-/m1/s1. The predicted molar refractivity (Wildman–Crippen MR) is 140 cm³/mol. The van der Waals surface area contributed by atoms with Crippen molar-refractivity contribution in [2.24, 2.45) is 0 Å². The van der Waals surface area contributed by atoms with Crippen molar-refractivity contribution in [2.75, 3.05) is 24.7 Å². The van der Waals surface area contributed by atoms with E-state index in [0.29, 0.717) is 26.1 Å². The lowest BCUT2D eigenvalue weighted by Gasteiger charge is -2.19. The number of nitrogens with zero attached hydrogens (tertiary/aromatic N) is 3. The van der Waals surface area contributed by atoms with E-state index in [-0.39, 0.29) is 18.4 Å². The lowest BCUT2D eigenvalue weighted by atomic mass is 10.1. The third kappa shape index (κ3) is 4.93. The molecule has 1 aliphatic heterocycles. The van der Waals surface area contributed by atoms with E-state index in [1.165, 1.54) is 0 Å². The Morgan fingerprint density at radius 2 is 1.78 bits per heavy atom. The van der Waals surface area contributed by atoms with Gasteiger partial charge >= 0.3 is 0 Å². The van der Waals surface area contributed by atoms with Crippen molar-refractivity contribution < 1.29 is 19.4 Å². The summed E-state index contributed by atoms with van der Waals surface area (Å²) >= 11 is 0. The number of amides is 1. The summed E-state index contributed by atoms with van der Waals surface area (Å²) in [5, 5.41) is 10.9. The Hall–Kier alpha value is -3.84. The first kappa shape index (κ1) is 23.9.